The molecule has 106 valence electrons. The second-order valence-corrected chi connectivity index (χ2v) is 4.84. The van der Waals surface area contributed by atoms with Crippen LogP contribution >= 0.6 is 0 Å². The maximum absolute atomic E-state index is 5.35. The number of nitrogens with zero attached hydrogens (tertiary/aromatic N) is 3. The highest BCUT2D eigenvalue weighted by Gasteiger charge is 2.10. The third kappa shape index (κ3) is 3.18. The quantitative estimate of drug-likeness (QED) is 0.898. The number of hydrogen-bond acceptors (Lipinski definition) is 4. The summed E-state index contributed by atoms with van der Waals surface area (Å²) in [5.74, 6) is 0.893. The fraction of sp³-hybridized carbons (Fsp3) is 0.400. The lowest BCUT2D eigenvalue weighted by molar-refractivity contribution is 0.0398. The van der Waals surface area contributed by atoms with Crippen molar-refractivity contribution >= 4 is 5.95 Å². The summed E-state index contributed by atoms with van der Waals surface area (Å²) in [7, 11) is 0. The van der Waals surface area contributed by atoms with Crippen LogP contribution in [0.1, 0.15) is 0 Å². The van der Waals surface area contributed by atoms with Crippen molar-refractivity contribution in [1.29, 1.82) is 0 Å². The molecule has 1 saturated heterocycles. The molecule has 1 fully saturated rings. The lowest BCUT2D eigenvalue weighted by Crippen LogP contribution is -2.39. The number of para-hydroxylation sites is 1. The zero-order valence-electron chi connectivity index (χ0n) is 11.5. The molecule has 5 nitrogen and oxygen atoms in total. The predicted octanol–water partition coefficient (Wildman–Crippen LogP) is 1.62. The van der Waals surface area contributed by atoms with Crippen LogP contribution in [0.5, 0.6) is 0 Å². The van der Waals surface area contributed by atoms with E-state index in [9.17, 15) is 0 Å². The largest absolute Gasteiger partial charge is 0.379 e. The van der Waals surface area contributed by atoms with Crippen molar-refractivity contribution in [3.05, 3.63) is 42.7 Å². The topological polar surface area (TPSA) is 42.3 Å². The molecule has 0 aliphatic carbocycles. The molecule has 0 atom stereocenters. The maximum Gasteiger partial charge on any atom is 0.207 e. The minimum absolute atomic E-state index is 0.846. The minimum Gasteiger partial charge on any atom is -0.379 e. The molecule has 0 radical (unpaired) electrons. The van der Waals surface area contributed by atoms with Gasteiger partial charge in [-0.3, -0.25) is 9.47 Å². The first-order chi connectivity index (χ1) is 9.93. The fourth-order valence-electron chi connectivity index (χ4n) is 2.38. The first-order valence-corrected chi connectivity index (χ1v) is 7.06. The van der Waals surface area contributed by atoms with E-state index in [2.05, 4.69) is 31.9 Å². The molecular formula is C15H20N4O. The molecule has 0 bridgehead atoms. The van der Waals surface area contributed by atoms with Gasteiger partial charge in [0, 0.05) is 44.3 Å². The van der Waals surface area contributed by atoms with Crippen molar-refractivity contribution in [3.63, 3.8) is 0 Å². The summed E-state index contributed by atoms with van der Waals surface area (Å²) >= 11 is 0. The average Bonchev–Trinajstić information content (AvgIpc) is 2.98. The normalized spacial score (nSPS) is 16.2. The minimum atomic E-state index is 0.846. The molecule has 0 unspecified atom stereocenters. The third-order valence-corrected chi connectivity index (χ3v) is 3.49. The Balaban J connectivity index is 1.57. The van der Waals surface area contributed by atoms with Crippen LogP contribution in [0.2, 0.25) is 0 Å². The first kappa shape index (κ1) is 13.1. The molecule has 20 heavy (non-hydrogen) atoms. The summed E-state index contributed by atoms with van der Waals surface area (Å²) in [6.45, 7) is 5.65. The predicted molar refractivity (Wildman–Crippen MR) is 79.3 cm³/mol. The molecule has 2 aromatic rings. The van der Waals surface area contributed by atoms with Crippen LogP contribution < -0.4 is 5.32 Å². The third-order valence-electron chi connectivity index (χ3n) is 3.49. The van der Waals surface area contributed by atoms with Gasteiger partial charge in [-0.1, -0.05) is 18.2 Å². The molecule has 5 heteroatoms. The molecule has 1 aliphatic rings. The van der Waals surface area contributed by atoms with Crippen LogP contribution in [-0.4, -0.2) is 53.8 Å². The van der Waals surface area contributed by atoms with E-state index >= 15 is 0 Å². The number of anilines is 1. The Morgan fingerprint density at radius 2 is 1.95 bits per heavy atom. The summed E-state index contributed by atoms with van der Waals surface area (Å²) in [6.07, 6.45) is 3.80. The Bertz CT molecular complexity index is 520. The van der Waals surface area contributed by atoms with E-state index in [1.807, 2.05) is 30.6 Å². The van der Waals surface area contributed by atoms with Gasteiger partial charge < -0.3 is 10.1 Å². The van der Waals surface area contributed by atoms with E-state index in [4.69, 9.17) is 4.74 Å². The van der Waals surface area contributed by atoms with Crippen molar-refractivity contribution in [2.24, 2.45) is 0 Å². The fourth-order valence-corrected chi connectivity index (χ4v) is 2.38. The highest BCUT2D eigenvalue weighted by atomic mass is 16.5. The average molecular weight is 272 g/mol. The molecule has 0 amide bonds. The van der Waals surface area contributed by atoms with Gasteiger partial charge in [-0.25, -0.2) is 4.98 Å². The number of nitrogens with one attached hydrogen (secondary N) is 1. The van der Waals surface area contributed by atoms with E-state index in [1.54, 1.807) is 0 Å². The highest BCUT2D eigenvalue weighted by molar-refractivity contribution is 5.41. The summed E-state index contributed by atoms with van der Waals surface area (Å²) in [5.41, 5.74) is 1.12. The summed E-state index contributed by atoms with van der Waals surface area (Å²) in [6, 6.07) is 10.2. The summed E-state index contributed by atoms with van der Waals surface area (Å²) < 4.78 is 7.42. The van der Waals surface area contributed by atoms with E-state index in [-0.39, 0.29) is 0 Å². The molecule has 2 heterocycles. The van der Waals surface area contributed by atoms with Gasteiger partial charge in [0.1, 0.15) is 0 Å². The molecular weight excluding hydrogens is 252 g/mol. The van der Waals surface area contributed by atoms with Gasteiger partial charge in [-0.15, -0.1) is 0 Å². The van der Waals surface area contributed by atoms with Crippen LogP contribution in [0, 0.1) is 0 Å². The van der Waals surface area contributed by atoms with Crippen molar-refractivity contribution in [3.8, 4) is 5.69 Å². The van der Waals surface area contributed by atoms with Crippen molar-refractivity contribution in [1.82, 2.24) is 14.5 Å². The van der Waals surface area contributed by atoms with Gasteiger partial charge in [0.25, 0.3) is 0 Å². The molecule has 3 rings (SSSR count). The number of imidazole rings is 1. The molecule has 0 saturated carbocycles. The smallest absolute Gasteiger partial charge is 0.207 e. The van der Waals surface area contributed by atoms with Gasteiger partial charge in [0.15, 0.2) is 0 Å². The Morgan fingerprint density at radius 1 is 1.15 bits per heavy atom. The lowest BCUT2D eigenvalue weighted by Gasteiger charge is -2.26. The number of aromatic nitrogens is 2. The second-order valence-electron chi connectivity index (χ2n) is 4.84. The SMILES string of the molecule is c1ccc(-n2ccnc2NCCN2CCOCC2)cc1. The van der Waals surface area contributed by atoms with Gasteiger partial charge >= 0.3 is 0 Å². The number of benzene rings is 1. The maximum atomic E-state index is 5.35. The molecule has 0 spiro atoms. The first-order valence-electron chi connectivity index (χ1n) is 7.06. The van der Waals surface area contributed by atoms with Crippen LogP contribution in [0.4, 0.5) is 5.95 Å². The highest BCUT2D eigenvalue weighted by Crippen LogP contribution is 2.13. The standard InChI is InChI=1S/C15H20N4O/c1-2-4-14(5-3-1)19-9-7-17-15(19)16-6-8-18-10-12-20-13-11-18/h1-5,7,9H,6,8,10-13H2,(H,16,17). The van der Waals surface area contributed by atoms with Crippen LogP contribution in [0.25, 0.3) is 5.69 Å². The zero-order valence-corrected chi connectivity index (χ0v) is 11.5. The van der Waals surface area contributed by atoms with E-state index in [0.29, 0.717) is 0 Å². The zero-order chi connectivity index (χ0) is 13.6. The van der Waals surface area contributed by atoms with Crippen LogP contribution in [0.15, 0.2) is 42.7 Å². The second kappa shape index (κ2) is 6.54. The van der Waals surface area contributed by atoms with Gasteiger partial charge in [0.05, 0.1) is 13.2 Å². The Kier molecular flexibility index (Phi) is 4.30. The molecule has 1 aliphatic heterocycles. The monoisotopic (exact) mass is 272 g/mol. The molecule has 1 aromatic heterocycles. The van der Waals surface area contributed by atoms with E-state index in [0.717, 1.165) is 51.0 Å². The molecule has 1 N–H and O–H groups in total. The van der Waals surface area contributed by atoms with Crippen LogP contribution in [-0.2, 0) is 4.74 Å². The van der Waals surface area contributed by atoms with Crippen molar-refractivity contribution < 1.29 is 4.74 Å². The Labute approximate surface area is 119 Å². The van der Waals surface area contributed by atoms with Gasteiger partial charge in [-0.05, 0) is 12.1 Å². The summed E-state index contributed by atoms with van der Waals surface area (Å²) in [5, 5.41) is 3.41. The Hall–Kier alpha value is -1.85. The number of hydrogen-bond donors (Lipinski definition) is 1. The van der Waals surface area contributed by atoms with Crippen molar-refractivity contribution in [2.75, 3.05) is 44.7 Å². The van der Waals surface area contributed by atoms with Crippen LogP contribution in [0.3, 0.4) is 0 Å². The number of ether oxygens (including phenoxy) is 1. The van der Waals surface area contributed by atoms with Gasteiger partial charge in [0.2, 0.25) is 5.95 Å². The molecule has 1 aromatic carbocycles. The number of morpholine rings is 1. The number of rotatable bonds is 5. The van der Waals surface area contributed by atoms with Crippen molar-refractivity contribution in [2.45, 2.75) is 0 Å². The van der Waals surface area contributed by atoms with Gasteiger partial charge in [-0.2, -0.15) is 0 Å². The Morgan fingerprint density at radius 3 is 2.75 bits per heavy atom. The lowest BCUT2D eigenvalue weighted by atomic mass is 10.3. The van der Waals surface area contributed by atoms with E-state index in [1.165, 1.54) is 0 Å². The summed E-state index contributed by atoms with van der Waals surface area (Å²) in [4.78, 5) is 6.79. The van der Waals surface area contributed by atoms with E-state index < -0.39 is 0 Å².